The molecule has 3 nitrogen and oxygen atoms in total. The predicted molar refractivity (Wildman–Crippen MR) is 60.2 cm³/mol. The zero-order valence-electron chi connectivity index (χ0n) is 8.75. The van der Waals surface area contributed by atoms with Gasteiger partial charge in [0.1, 0.15) is 0 Å². The Morgan fingerprint density at radius 1 is 1.60 bits per heavy atom. The monoisotopic (exact) mass is 227 g/mol. The van der Waals surface area contributed by atoms with Crippen LogP contribution in [0.25, 0.3) is 0 Å². The van der Waals surface area contributed by atoms with Crippen LogP contribution in [-0.4, -0.2) is 23.7 Å². The highest BCUT2D eigenvalue weighted by Gasteiger charge is 2.07. The van der Waals surface area contributed by atoms with Crippen LogP contribution < -0.4 is 5.32 Å². The lowest BCUT2D eigenvalue weighted by Gasteiger charge is -2.07. The summed E-state index contributed by atoms with van der Waals surface area (Å²) in [4.78, 5) is 11.5. The van der Waals surface area contributed by atoms with Crippen LogP contribution in [-0.2, 0) is 0 Å². The maximum atomic E-state index is 11.5. The summed E-state index contributed by atoms with van der Waals surface area (Å²) >= 11 is 5.89. The van der Waals surface area contributed by atoms with Crippen LogP contribution in [0.5, 0.6) is 0 Å². The number of nitrogens with one attached hydrogen (secondary N) is 1. The molecule has 0 aromatic heterocycles. The van der Waals surface area contributed by atoms with E-state index in [1.165, 1.54) is 0 Å². The zero-order valence-corrected chi connectivity index (χ0v) is 9.51. The van der Waals surface area contributed by atoms with Gasteiger partial charge in [0, 0.05) is 17.1 Å². The van der Waals surface area contributed by atoms with Crippen LogP contribution in [0, 0.1) is 6.92 Å². The Labute approximate surface area is 94.1 Å². The quantitative estimate of drug-likeness (QED) is 0.827. The van der Waals surface area contributed by atoms with Crippen molar-refractivity contribution in [3.8, 4) is 0 Å². The molecule has 1 rings (SSSR count). The van der Waals surface area contributed by atoms with Gasteiger partial charge >= 0.3 is 0 Å². The van der Waals surface area contributed by atoms with E-state index in [2.05, 4.69) is 5.32 Å². The summed E-state index contributed by atoms with van der Waals surface area (Å²) in [5, 5.41) is 12.2. The smallest absolute Gasteiger partial charge is 0.251 e. The molecule has 0 fully saturated rings. The van der Waals surface area contributed by atoms with E-state index in [4.69, 9.17) is 16.7 Å². The van der Waals surface area contributed by atoms with Crippen LogP contribution in [0.4, 0.5) is 0 Å². The fraction of sp³-hybridized carbons (Fsp3) is 0.364. The second-order valence-electron chi connectivity index (χ2n) is 3.52. The van der Waals surface area contributed by atoms with Gasteiger partial charge in [-0.1, -0.05) is 17.7 Å². The topological polar surface area (TPSA) is 49.3 Å². The molecule has 1 aromatic rings. The number of benzene rings is 1. The molecule has 0 saturated heterocycles. The first-order valence-corrected chi connectivity index (χ1v) is 5.11. The summed E-state index contributed by atoms with van der Waals surface area (Å²) in [5.41, 5.74) is 1.44. The van der Waals surface area contributed by atoms with Crippen LogP contribution in [0.1, 0.15) is 22.8 Å². The normalized spacial score (nSPS) is 12.3. The van der Waals surface area contributed by atoms with Gasteiger partial charge in [-0.05, 0) is 31.5 Å². The number of rotatable bonds is 3. The van der Waals surface area contributed by atoms with E-state index in [1.54, 1.807) is 25.1 Å². The van der Waals surface area contributed by atoms with Gasteiger partial charge in [0.25, 0.3) is 5.91 Å². The van der Waals surface area contributed by atoms with Crippen molar-refractivity contribution in [3.05, 3.63) is 34.3 Å². The number of aliphatic hydroxyl groups excluding tert-OH is 1. The average molecular weight is 228 g/mol. The van der Waals surface area contributed by atoms with Gasteiger partial charge in [0.2, 0.25) is 0 Å². The third kappa shape index (κ3) is 3.53. The summed E-state index contributed by atoms with van der Waals surface area (Å²) in [6.07, 6.45) is -0.546. The maximum Gasteiger partial charge on any atom is 0.251 e. The molecule has 1 aromatic carbocycles. The molecule has 0 aliphatic rings. The zero-order chi connectivity index (χ0) is 11.4. The van der Waals surface area contributed by atoms with E-state index >= 15 is 0 Å². The standard InChI is InChI=1S/C11H14ClNO2/c1-7-3-4-9(5-10(7)12)11(15)13-6-8(2)14/h3-5,8,14H,6H2,1-2H3,(H,13,15)/t8-/m0/s1. The van der Waals surface area contributed by atoms with Crippen LogP contribution in [0.3, 0.4) is 0 Å². The molecule has 0 unspecified atom stereocenters. The SMILES string of the molecule is Cc1ccc(C(=O)NC[C@H](C)O)cc1Cl. The second-order valence-corrected chi connectivity index (χ2v) is 3.93. The third-order valence-electron chi connectivity index (χ3n) is 1.99. The highest BCUT2D eigenvalue weighted by Crippen LogP contribution is 2.16. The van der Waals surface area contributed by atoms with Crippen molar-refractivity contribution >= 4 is 17.5 Å². The number of aliphatic hydroxyl groups is 1. The molecule has 0 aliphatic carbocycles. The van der Waals surface area contributed by atoms with Gasteiger partial charge in [-0.3, -0.25) is 4.79 Å². The lowest BCUT2D eigenvalue weighted by molar-refractivity contribution is 0.0924. The van der Waals surface area contributed by atoms with Crippen molar-refractivity contribution in [1.82, 2.24) is 5.32 Å². The van der Waals surface area contributed by atoms with E-state index in [0.29, 0.717) is 10.6 Å². The number of amides is 1. The van der Waals surface area contributed by atoms with Crippen molar-refractivity contribution in [2.75, 3.05) is 6.54 Å². The number of hydrogen-bond donors (Lipinski definition) is 2. The molecular formula is C11H14ClNO2. The highest BCUT2D eigenvalue weighted by molar-refractivity contribution is 6.31. The summed E-state index contributed by atoms with van der Waals surface area (Å²) in [7, 11) is 0. The van der Waals surface area contributed by atoms with Crippen molar-refractivity contribution < 1.29 is 9.90 Å². The van der Waals surface area contributed by atoms with Crippen molar-refractivity contribution in [2.45, 2.75) is 20.0 Å². The van der Waals surface area contributed by atoms with Crippen LogP contribution >= 0.6 is 11.6 Å². The summed E-state index contributed by atoms with van der Waals surface area (Å²) in [6.45, 7) is 3.73. The molecule has 0 bridgehead atoms. The molecule has 0 spiro atoms. The van der Waals surface area contributed by atoms with Gasteiger partial charge in [0.15, 0.2) is 0 Å². The molecule has 0 saturated carbocycles. The van der Waals surface area contributed by atoms with Crippen molar-refractivity contribution in [2.24, 2.45) is 0 Å². The number of carbonyl (C=O) groups is 1. The molecular weight excluding hydrogens is 214 g/mol. The van der Waals surface area contributed by atoms with Crippen molar-refractivity contribution in [3.63, 3.8) is 0 Å². The lowest BCUT2D eigenvalue weighted by atomic mass is 10.1. The molecule has 1 atom stereocenters. The summed E-state index contributed by atoms with van der Waals surface area (Å²) < 4.78 is 0. The molecule has 0 aliphatic heterocycles. The van der Waals surface area contributed by atoms with E-state index < -0.39 is 6.10 Å². The lowest BCUT2D eigenvalue weighted by Crippen LogP contribution is -2.30. The molecule has 82 valence electrons. The fourth-order valence-electron chi connectivity index (χ4n) is 1.08. The average Bonchev–Trinajstić information content (AvgIpc) is 2.18. The molecule has 15 heavy (non-hydrogen) atoms. The van der Waals surface area contributed by atoms with Crippen LogP contribution in [0.15, 0.2) is 18.2 Å². The Bertz CT molecular complexity index is 364. The minimum absolute atomic E-state index is 0.224. The highest BCUT2D eigenvalue weighted by atomic mass is 35.5. The number of hydrogen-bond acceptors (Lipinski definition) is 2. The van der Waals surface area contributed by atoms with Crippen molar-refractivity contribution in [1.29, 1.82) is 0 Å². The molecule has 0 heterocycles. The Kier molecular flexibility index (Phi) is 4.12. The Hall–Kier alpha value is -1.06. The number of halogens is 1. The third-order valence-corrected chi connectivity index (χ3v) is 2.40. The van der Waals surface area contributed by atoms with Crippen LogP contribution in [0.2, 0.25) is 5.02 Å². The minimum atomic E-state index is -0.546. The molecule has 1 amide bonds. The van der Waals surface area contributed by atoms with E-state index in [0.717, 1.165) is 5.56 Å². The number of aryl methyl sites for hydroxylation is 1. The molecule has 2 N–H and O–H groups in total. The summed E-state index contributed by atoms with van der Waals surface area (Å²) in [5.74, 6) is -0.224. The summed E-state index contributed by atoms with van der Waals surface area (Å²) in [6, 6.07) is 5.12. The first-order chi connectivity index (χ1) is 7.00. The largest absolute Gasteiger partial charge is 0.392 e. The Morgan fingerprint density at radius 2 is 2.27 bits per heavy atom. The van der Waals surface area contributed by atoms with Gasteiger partial charge in [-0.25, -0.2) is 0 Å². The van der Waals surface area contributed by atoms with Gasteiger partial charge < -0.3 is 10.4 Å². The Morgan fingerprint density at radius 3 is 2.80 bits per heavy atom. The van der Waals surface area contributed by atoms with E-state index in [9.17, 15) is 4.79 Å². The van der Waals surface area contributed by atoms with Gasteiger partial charge in [-0.15, -0.1) is 0 Å². The Balaban J connectivity index is 2.70. The first kappa shape index (κ1) is 12.0. The first-order valence-electron chi connectivity index (χ1n) is 4.73. The number of carbonyl (C=O) groups excluding carboxylic acids is 1. The van der Waals surface area contributed by atoms with E-state index in [1.807, 2.05) is 6.92 Å². The molecule has 4 heteroatoms. The maximum absolute atomic E-state index is 11.5. The van der Waals surface area contributed by atoms with Gasteiger partial charge in [0.05, 0.1) is 6.10 Å². The van der Waals surface area contributed by atoms with Gasteiger partial charge in [-0.2, -0.15) is 0 Å². The minimum Gasteiger partial charge on any atom is -0.392 e. The molecule has 0 radical (unpaired) electrons. The second kappa shape index (κ2) is 5.14. The fourth-order valence-corrected chi connectivity index (χ4v) is 1.26. The van der Waals surface area contributed by atoms with E-state index in [-0.39, 0.29) is 12.5 Å². The predicted octanol–water partition coefficient (Wildman–Crippen LogP) is 1.76.